The maximum atomic E-state index is 10.6. The van der Waals surface area contributed by atoms with Crippen molar-refractivity contribution in [2.75, 3.05) is 13.2 Å². The summed E-state index contributed by atoms with van der Waals surface area (Å²) in [5.41, 5.74) is 0.909. The molecule has 4 heteroatoms. The van der Waals surface area contributed by atoms with Gasteiger partial charge in [0.15, 0.2) is 0 Å². The lowest BCUT2D eigenvalue weighted by Crippen LogP contribution is -2.36. The van der Waals surface area contributed by atoms with Gasteiger partial charge in [-0.3, -0.25) is 4.99 Å². The van der Waals surface area contributed by atoms with Crippen LogP contribution in [0.1, 0.15) is 31.2 Å². The zero-order chi connectivity index (χ0) is 12.1. The van der Waals surface area contributed by atoms with Crippen molar-refractivity contribution in [2.24, 2.45) is 4.99 Å². The molecule has 1 aromatic rings. The van der Waals surface area contributed by atoms with Crippen LogP contribution in [0.5, 0.6) is 0 Å². The van der Waals surface area contributed by atoms with Crippen LogP contribution in [-0.2, 0) is 0 Å². The van der Waals surface area contributed by atoms with Crippen molar-refractivity contribution >= 4 is 18.1 Å². The first-order valence-corrected chi connectivity index (χ1v) is 6.20. The summed E-state index contributed by atoms with van der Waals surface area (Å²) in [7, 11) is 0. The number of aliphatic imine (C=N–C) groups is 1. The second-order valence-electron chi connectivity index (χ2n) is 4.56. The highest BCUT2D eigenvalue weighted by atomic mass is 35.5. The van der Waals surface area contributed by atoms with Gasteiger partial charge in [-0.1, -0.05) is 43.2 Å². The van der Waals surface area contributed by atoms with Gasteiger partial charge in [-0.15, -0.1) is 12.4 Å². The van der Waals surface area contributed by atoms with Crippen LogP contribution in [0.15, 0.2) is 35.3 Å². The molecule has 0 aliphatic heterocycles. The Labute approximate surface area is 114 Å². The molecule has 3 nitrogen and oxygen atoms in total. The number of nitrogens with zero attached hydrogens (tertiary/aromatic N) is 1. The van der Waals surface area contributed by atoms with Crippen molar-refractivity contribution in [3.8, 4) is 0 Å². The number of aliphatic hydroxyl groups is 2. The van der Waals surface area contributed by atoms with Crippen LogP contribution >= 0.6 is 12.4 Å². The van der Waals surface area contributed by atoms with Gasteiger partial charge in [0.1, 0.15) is 5.60 Å². The summed E-state index contributed by atoms with van der Waals surface area (Å²) in [6, 6.07) is 9.77. The minimum atomic E-state index is -0.795. The Morgan fingerprint density at radius 3 is 2.33 bits per heavy atom. The van der Waals surface area contributed by atoms with Crippen LogP contribution in [0.4, 0.5) is 0 Å². The molecule has 0 radical (unpaired) electrons. The number of benzene rings is 1. The van der Waals surface area contributed by atoms with Crippen LogP contribution in [0.2, 0.25) is 0 Å². The molecule has 1 saturated carbocycles. The zero-order valence-corrected chi connectivity index (χ0v) is 11.2. The van der Waals surface area contributed by atoms with Crippen LogP contribution < -0.4 is 0 Å². The molecule has 0 amide bonds. The normalized spacial score (nSPS) is 18.4. The molecule has 0 atom stereocenters. The van der Waals surface area contributed by atoms with E-state index in [1.165, 1.54) is 0 Å². The fourth-order valence-corrected chi connectivity index (χ4v) is 2.46. The summed E-state index contributed by atoms with van der Waals surface area (Å²) in [5, 5.41) is 19.5. The smallest absolute Gasteiger partial charge is 0.107 e. The fraction of sp³-hybridized carbons (Fsp3) is 0.500. The summed E-state index contributed by atoms with van der Waals surface area (Å²) in [5.74, 6) is 0. The van der Waals surface area contributed by atoms with Gasteiger partial charge in [-0.25, -0.2) is 0 Å². The maximum absolute atomic E-state index is 10.6. The molecule has 0 spiro atoms. The highest BCUT2D eigenvalue weighted by Gasteiger charge is 2.36. The van der Waals surface area contributed by atoms with E-state index in [9.17, 15) is 5.11 Å². The topological polar surface area (TPSA) is 52.8 Å². The lowest BCUT2D eigenvalue weighted by molar-refractivity contribution is 0.120. The van der Waals surface area contributed by atoms with E-state index in [0.29, 0.717) is 6.54 Å². The Kier molecular flexibility index (Phi) is 5.79. The van der Waals surface area contributed by atoms with E-state index >= 15 is 0 Å². The second kappa shape index (κ2) is 6.88. The van der Waals surface area contributed by atoms with Gasteiger partial charge < -0.3 is 10.2 Å². The average molecular weight is 270 g/mol. The molecular weight excluding hydrogens is 250 g/mol. The number of aliphatic hydroxyl groups excluding tert-OH is 1. The average Bonchev–Trinajstić information content (AvgIpc) is 2.79. The summed E-state index contributed by atoms with van der Waals surface area (Å²) in [6.45, 7) is 0.374. The maximum Gasteiger partial charge on any atom is 0.107 e. The first-order chi connectivity index (χ1) is 8.26. The lowest BCUT2D eigenvalue weighted by atomic mass is 9.90. The number of halogens is 1. The van der Waals surface area contributed by atoms with Gasteiger partial charge in [0, 0.05) is 0 Å². The molecule has 0 heterocycles. The highest BCUT2D eigenvalue weighted by Crippen LogP contribution is 2.33. The molecule has 0 bridgehead atoms. The van der Waals surface area contributed by atoms with Gasteiger partial charge in [0.25, 0.3) is 0 Å². The molecule has 0 aromatic heterocycles. The quantitative estimate of drug-likeness (QED) is 0.824. The third-order valence-electron chi connectivity index (χ3n) is 3.29. The van der Waals surface area contributed by atoms with E-state index in [0.717, 1.165) is 37.0 Å². The van der Waals surface area contributed by atoms with Crippen molar-refractivity contribution in [1.82, 2.24) is 0 Å². The number of hydrogen-bond acceptors (Lipinski definition) is 3. The zero-order valence-electron chi connectivity index (χ0n) is 10.4. The first kappa shape index (κ1) is 15.2. The Morgan fingerprint density at radius 1 is 1.17 bits per heavy atom. The van der Waals surface area contributed by atoms with Gasteiger partial charge in [0.2, 0.25) is 0 Å². The van der Waals surface area contributed by atoms with E-state index in [1.807, 2.05) is 30.3 Å². The second-order valence-corrected chi connectivity index (χ2v) is 4.56. The Morgan fingerprint density at radius 2 is 1.78 bits per heavy atom. The molecule has 2 N–H and O–H groups in total. The molecule has 1 aliphatic carbocycles. The first-order valence-electron chi connectivity index (χ1n) is 6.20. The third kappa shape index (κ3) is 3.31. The van der Waals surface area contributed by atoms with E-state index in [1.54, 1.807) is 0 Å². The molecule has 1 fully saturated rings. The molecule has 1 aromatic carbocycles. The van der Waals surface area contributed by atoms with Gasteiger partial charge in [0.05, 0.1) is 18.9 Å². The van der Waals surface area contributed by atoms with E-state index in [-0.39, 0.29) is 19.0 Å². The third-order valence-corrected chi connectivity index (χ3v) is 3.29. The van der Waals surface area contributed by atoms with Gasteiger partial charge in [-0.05, 0) is 18.4 Å². The largest absolute Gasteiger partial charge is 0.394 e. The summed E-state index contributed by atoms with van der Waals surface area (Å²) >= 11 is 0. The molecule has 1 aliphatic rings. The van der Waals surface area contributed by atoms with Crippen LogP contribution in [0.3, 0.4) is 0 Å². The SMILES string of the molecule is Cl.OCCN=C(c1ccccc1)C1(O)CCCC1. The fourth-order valence-electron chi connectivity index (χ4n) is 2.46. The number of hydrogen-bond donors (Lipinski definition) is 2. The minimum Gasteiger partial charge on any atom is -0.394 e. The highest BCUT2D eigenvalue weighted by molar-refractivity contribution is 6.06. The summed E-state index contributed by atoms with van der Waals surface area (Å²) < 4.78 is 0. The Bertz CT molecular complexity index is 386. The van der Waals surface area contributed by atoms with Crippen molar-refractivity contribution in [1.29, 1.82) is 0 Å². The van der Waals surface area contributed by atoms with Crippen molar-refractivity contribution in [3.63, 3.8) is 0 Å². The summed E-state index contributed by atoms with van der Waals surface area (Å²) in [4.78, 5) is 4.38. The molecule has 0 unspecified atom stereocenters. The van der Waals surface area contributed by atoms with Crippen molar-refractivity contribution in [2.45, 2.75) is 31.3 Å². The van der Waals surface area contributed by atoms with Crippen molar-refractivity contribution in [3.05, 3.63) is 35.9 Å². The molecule has 2 rings (SSSR count). The number of rotatable bonds is 4. The standard InChI is InChI=1S/C14H19NO2.ClH/c16-11-10-15-13(12-6-2-1-3-7-12)14(17)8-4-5-9-14;/h1-3,6-7,16-17H,4-5,8-11H2;1H. The predicted molar refractivity (Wildman–Crippen MR) is 75.6 cm³/mol. The van der Waals surface area contributed by atoms with E-state index in [4.69, 9.17) is 5.11 Å². The van der Waals surface area contributed by atoms with Gasteiger partial charge >= 0.3 is 0 Å². The van der Waals surface area contributed by atoms with Crippen LogP contribution in [0, 0.1) is 0 Å². The molecular formula is C14H20ClNO2. The van der Waals surface area contributed by atoms with Gasteiger partial charge in [-0.2, -0.15) is 0 Å². The minimum absolute atomic E-state index is 0. The Balaban J connectivity index is 0.00000162. The van der Waals surface area contributed by atoms with Crippen molar-refractivity contribution < 1.29 is 10.2 Å². The molecule has 100 valence electrons. The summed E-state index contributed by atoms with van der Waals surface area (Å²) in [6.07, 6.45) is 3.63. The van der Waals surface area contributed by atoms with Crippen LogP contribution in [-0.4, -0.2) is 34.7 Å². The monoisotopic (exact) mass is 269 g/mol. The molecule has 0 saturated heterocycles. The van der Waals surface area contributed by atoms with E-state index < -0.39 is 5.60 Å². The molecule has 18 heavy (non-hydrogen) atoms. The lowest BCUT2D eigenvalue weighted by Gasteiger charge is -2.25. The van der Waals surface area contributed by atoms with Crippen LogP contribution in [0.25, 0.3) is 0 Å². The van der Waals surface area contributed by atoms with E-state index in [2.05, 4.69) is 4.99 Å². The Hall–Kier alpha value is -0.900. The predicted octanol–water partition coefficient (Wildman–Crippen LogP) is 2.19.